The van der Waals surface area contributed by atoms with E-state index in [-0.39, 0.29) is 12.0 Å². The van der Waals surface area contributed by atoms with E-state index in [1.165, 1.54) is 35.5 Å². The highest BCUT2D eigenvalue weighted by atomic mass is 32.1. The predicted octanol–water partition coefficient (Wildman–Crippen LogP) is 3.66. The first-order chi connectivity index (χ1) is 13.1. The molecule has 1 aromatic heterocycles. The summed E-state index contributed by atoms with van der Waals surface area (Å²) in [5, 5.41) is 0.983. The van der Waals surface area contributed by atoms with Gasteiger partial charge in [0, 0.05) is 49.5 Å². The number of aromatic nitrogens is 2. The zero-order valence-corrected chi connectivity index (χ0v) is 17.0. The van der Waals surface area contributed by atoms with Crippen LogP contribution in [-0.4, -0.2) is 45.8 Å². The quantitative estimate of drug-likeness (QED) is 0.807. The molecule has 6 heteroatoms. The maximum atomic E-state index is 12.8. The Morgan fingerprint density at radius 2 is 1.93 bits per heavy atom. The number of carbonyl (C=O) groups excluding carboxylic acids is 1. The van der Waals surface area contributed by atoms with Crippen LogP contribution in [0.3, 0.4) is 0 Å². The molecule has 1 aliphatic carbocycles. The number of nitrogens with zero attached hydrogens (tertiary/aromatic N) is 4. The number of carbonyl (C=O) groups is 1. The Balaban J connectivity index is 1.37. The molecule has 27 heavy (non-hydrogen) atoms. The lowest BCUT2D eigenvalue weighted by atomic mass is 10.0. The van der Waals surface area contributed by atoms with Crippen molar-refractivity contribution in [3.05, 3.63) is 41.2 Å². The van der Waals surface area contributed by atoms with E-state index >= 15 is 0 Å². The van der Waals surface area contributed by atoms with Crippen molar-refractivity contribution in [2.45, 2.75) is 52.0 Å². The van der Waals surface area contributed by atoms with Crippen molar-refractivity contribution in [1.29, 1.82) is 0 Å². The van der Waals surface area contributed by atoms with Crippen molar-refractivity contribution < 1.29 is 4.79 Å². The average Bonchev–Trinajstić information content (AvgIpc) is 3.35. The van der Waals surface area contributed by atoms with Crippen molar-refractivity contribution >= 4 is 22.6 Å². The zero-order valence-electron chi connectivity index (χ0n) is 16.2. The van der Waals surface area contributed by atoms with Gasteiger partial charge in [0.2, 0.25) is 11.0 Å². The van der Waals surface area contributed by atoms with Gasteiger partial charge in [0.25, 0.3) is 0 Å². The molecule has 0 spiro atoms. The minimum atomic E-state index is 0.233. The molecule has 5 nitrogen and oxygen atoms in total. The molecular formula is C21H28N4OS. The lowest BCUT2D eigenvalue weighted by Gasteiger charge is -2.40. The summed E-state index contributed by atoms with van der Waals surface area (Å²) in [6.07, 6.45) is 5.33. The highest BCUT2D eigenvalue weighted by molar-refractivity contribution is 7.09. The number of aryl methyl sites for hydroxylation is 1. The molecule has 1 aromatic carbocycles. The summed E-state index contributed by atoms with van der Waals surface area (Å²) >= 11 is 1.48. The Bertz CT molecular complexity index is 782. The summed E-state index contributed by atoms with van der Waals surface area (Å²) in [7, 11) is 0. The van der Waals surface area contributed by atoms with Crippen LogP contribution in [0.4, 0.5) is 5.13 Å². The van der Waals surface area contributed by atoms with Crippen LogP contribution in [0, 0.1) is 12.8 Å². The molecule has 0 bridgehead atoms. The molecule has 144 valence electrons. The topological polar surface area (TPSA) is 49.3 Å². The van der Waals surface area contributed by atoms with Crippen molar-refractivity contribution in [3.8, 4) is 0 Å². The number of hydrogen-bond donors (Lipinski definition) is 0. The van der Waals surface area contributed by atoms with Gasteiger partial charge >= 0.3 is 0 Å². The Morgan fingerprint density at radius 1 is 1.19 bits per heavy atom. The summed E-state index contributed by atoms with van der Waals surface area (Å²) in [6.45, 7) is 6.75. The highest BCUT2D eigenvalue weighted by Crippen LogP contribution is 2.29. The molecule has 2 aliphatic rings. The van der Waals surface area contributed by atoms with E-state index in [2.05, 4.69) is 52.3 Å². The van der Waals surface area contributed by atoms with Crippen LogP contribution < -0.4 is 4.90 Å². The molecule has 2 heterocycles. The summed E-state index contributed by atoms with van der Waals surface area (Å²) in [5.74, 6) is 1.52. The Morgan fingerprint density at radius 3 is 2.63 bits per heavy atom. The number of hydrogen-bond acceptors (Lipinski definition) is 5. The number of rotatable bonds is 4. The zero-order chi connectivity index (χ0) is 18.8. The fraction of sp³-hybridized carbons (Fsp3) is 0.571. The molecule has 1 amide bonds. The molecule has 1 unspecified atom stereocenters. The molecule has 4 rings (SSSR count). The van der Waals surface area contributed by atoms with E-state index in [9.17, 15) is 4.79 Å². The Hall–Kier alpha value is -1.95. The van der Waals surface area contributed by atoms with Crippen LogP contribution in [0.2, 0.25) is 0 Å². The second-order valence-electron chi connectivity index (χ2n) is 7.96. The fourth-order valence-corrected chi connectivity index (χ4v) is 4.92. The van der Waals surface area contributed by atoms with Gasteiger partial charge in [-0.3, -0.25) is 4.79 Å². The van der Waals surface area contributed by atoms with E-state index in [0.29, 0.717) is 5.91 Å². The standard InChI is InChI=1S/C21H28N4OS/c1-15-7-9-17(10-8-15)13-19-22-21(27-23-19)24-11-12-25(16(2)14-24)20(26)18-5-3-4-6-18/h7-10,16,18H,3-6,11-14H2,1-2H3. The van der Waals surface area contributed by atoms with Gasteiger partial charge in [-0.2, -0.15) is 4.37 Å². The van der Waals surface area contributed by atoms with Crippen LogP contribution in [0.5, 0.6) is 0 Å². The monoisotopic (exact) mass is 384 g/mol. The molecule has 1 aliphatic heterocycles. The summed E-state index contributed by atoms with van der Waals surface area (Å²) in [6, 6.07) is 8.78. The number of amides is 1. The van der Waals surface area contributed by atoms with Crippen LogP contribution in [-0.2, 0) is 11.2 Å². The molecular weight excluding hydrogens is 356 g/mol. The van der Waals surface area contributed by atoms with Gasteiger partial charge < -0.3 is 9.80 Å². The van der Waals surface area contributed by atoms with E-state index in [1.807, 2.05) is 0 Å². The molecule has 0 radical (unpaired) electrons. The minimum Gasteiger partial charge on any atom is -0.343 e. The first kappa shape index (κ1) is 18.4. The molecule has 1 saturated heterocycles. The van der Waals surface area contributed by atoms with E-state index < -0.39 is 0 Å². The first-order valence-corrected chi connectivity index (χ1v) is 10.8. The third-order valence-electron chi connectivity index (χ3n) is 5.83. The molecule has 0 N–H and O–H groups in total. The van der Waals surface area contributed by atoms with Gasteiger partial charge in [-0.1, -0.05) is 42.7 Å². The predicted molar refractivity (Wildman–Crippen MR) is 109 cm³/mol. The lowest BCUT2D eigenvalue weighted by molar-refractivity contribution is -0.137. The number of anilines is 1. The third kappa shape index (κ3) is 4.15. The van der Waals surface area contributed by atoms with Crippen molar-refractivity contribution in [2.75, 3.05) is 24.5 Å². The van der Waals surface area contributed by atoms with Crippen LogP contribution in [0.1, 0.15) is 49.6 Å². The van der Waals surface area contributed by atoms with Crippen molar-refractivity contribution in [1.82, 2.24) is 14.3 Å². The van der Waals surface area contributed by atoms with E-state index in [0.717, 1.165) is 49.9 Å². The van der Waals surface area contributed by atoms with Gasteiger partial charge in [-0.25, -0.2) is 4.98 Å². The van der Waals surface area contributed by atoms with E-state index in [4.69, 9.17) is 4.98 Å². The largest absolute Gasteiger partial charge is 0.343 e. The van der Waals surface area contributed by atoms with Gasteiger partial charge in [-0.15, -0.1) is 0 Å². The van der Waals surface area contributed by atoms with Crippen LogP contribution >= 0.6 is 11.5 Å². The van der Waals surface area contributed by atoms with Crippen LogP contribution in [0.15, 0.2) is 24.3 Å². The van der Waals surface area contributed by atoms with Crippen molar-refractivity contribution in [3.63, 3.8) is 0 Å². The average molecular weight is 385 g/mol. The maximum Gasteiger partial charge on any atom is 0.226 e. The Labute approximate surface area is 165 Å². The molecule has 1 atom stereocenters. The van der Waals surface area contributed by atoms with Gasteiger partial charge in [-0.05, 0) is 32.3 Å². The molecule has 1 saturated carbocycles. The van der Waals surface area contributed by atoms with Gasteiger partial charge in [0.1, 0.15) is 5.82 Å². The lowest BCUT2D eigenvalue weighted by Crippen LogP contribution is -2.55. The summed E-state index contributed by atoms with van der Waals surface area (Å²) in [4.78, 5) is 21.9. The number of piperazine rings is 1. The van der Waals surface area contributed by atoms with E-state index in [1.54, 1.807) is 0 Å². The third-order valence-corrected chi connectivity index (χ3v) is 6.64. The highest BCUT2D eigenvalue weighted by Gasteiger charge is 2.33. The first-order valence-electron chi connectivity index (χ1n) is 10.0. The molecule has 2 fully saturated rings. The van der Waals surface area contributed by atoms with Crippen LogP contribution in [0.25, 0.3) is 0 Å². The van der Waals surface area contributed by atoms with Crippen molar-refractivity contribution in [2.24, 2.45) is 5.92 Å². The normalized spacial score (nSPS) is 21.0. The van der Waals surface area contributed by atoms with Gasteiger partial charge in [0.05, 0.1) is 0 Å². The SMILES string of the molecule is Cc1ccc(Cc2nsc(N3CCN(C(=O)C4CCCC4)C(C)C3)n2)cc1. The maximum absolute atomic E-state index is 12.8. The smallest absolute Gasteiger partial charge is 0.226 e. The van der Waals surface area contributed by atoms with Gasteiger partial charge in [0.15, 0.2) is 0 Å². The summed E-state index contributed by atoms with van der Waals surface area (Å²) < 4.78 is 4.56. The second-order valence-corrected chi connectivity index (χ2v) is 8.69. The number of benzene rings is 1. The second kappa shape index (κ2) is 7.97. The molecule has 2 aromatic rings. The Kier molecular flexibility index (Phi) is 5.43. The fourth-order valence-electron chi connectivity index (χ4n) is 4.20. The minimum absolute atomic E-state index is 0.233. The summed E-state index contributed by atoms with van der Waals surface area (Å²) in [5.41, 5.74) is 2.51.